The molecule has 0 radical (unpaired) electrons. The number of nitrogens with one attached hydrogen (secondary N) is 2. The quantitative estimate of drug-likeness (QED) is 0.634. The normalized spacial score (nSPS) is 12.7. The second-order valence-electron chi connectivity index (χ2n) is 7.95. The third-order valence-corrected chi connectivity index (χ3v) is 3.76. The van der Waals surface area contributed by atoms with Crippen molar-refractivity contribution in [1.82, 2.24) is 15.5 Å². The lowest BCUT2D eigenvalue weighted by Crippen LogP contribution is -2.50. The van der Waals surface area contributed by atoms with E-state index in [1.54, 1.807) is 24.1 Å². The number of amides is 1. The largest absolute Gasteiger partial charge is 0.355 e. The minimum Gasteiger partial charge on any atom is -0.355 e. The number of nitrogens with zero attached hydrogens (tertiary/aromatic N) is 2. The van der Waals surface area contributed by atoms with Crippen molar-refractivity contribution in [2.75, 3.05) is 27.2 Å². The summed E-state index contributed by atoms with van der Waals surface area (Å²) in [7, 11) is 3.49. The fraction of sp³-hybridized carbons (Fsp3) is 0.579. The van der Waals surface area contributed by atoms with E-state index in [0.29, 0.717) is 12.5 Å². The fourth-order valence-corrected chi connectivity index (χ4v) is 2.44. The van der Waals surface area contributed by atoms with Gasteiger partial charge in [0.15, 0.2) is 5.96 Å². The number of hydrogen-bond donors (Lipinski definition) is 2. The Kier molecular flexibility index (Phi) is 6.96. The number of benzene rings is 1. The lowest BCUT2D eigenvalue weighted by Gasteiger charge is -2.30. The summed E-state index contributed by atoms with van der Waals surface area (Å²) >= 11 is 0. The van der Waals surface area contributed by atoms with Gasteiger partial charge in [0.2, 0.25) is 5.91 Å². The predicted molar refractivity (Wildman–Crippen MR) is 101 cm³/mol. The van der Waals surface area contributed by atoms with Crippen LogP contribution < -0.4 is 10.6 Å². The first-order valence-corrected chi connectivity index (χ1v) is 8.43. The van der Waals surface area contributed by atoms with E-state index in [-0.39, 0.29) is 29.2 Å². The van der Waals surface area contributed by atoms with Crippen LogP contribution in [-0.4, -0.2) is 49.5 Å². The molecule has 0 bridgehead atoms. The molecule has 1 amide bonds. The Morgan fingerprint density at radius 2 is 1.88 bits per heavy atom. The molecule has 0 unspecified atom stereocenters. The number of carbonyl (C=O) groups excluding carboxylic acids is 1. The summed E-state index contributed by atoms with van der Waals surface area (Å²) in [5.74, 6) is 0.307. The first-order chi connectivity index (χ1) is 11.4. The van der Waals surface area contributed by atoms with Crippen LogP contribution in [0.4, 0.5) is 4.39 Å². The third kappa shape index (κ3) is 7.11. The van der Waals surface area contributed by atoms with Crippen LogP contribution in [0.1, 0.15) is 40.2 Å². The maximum atomic E-state index is 13.5. The summed E-state index contributed by atoms with van der Waals surface area (Å²) in [6.07, 6.45) is 0. The van der Waals surface area contributed by atoms with Crippen LogP contribution >= 0.6 is 0 Å². The molecule has 140 valence electrons. The van der Waals surface area contributed by atoms with E-state index in [2.05, 4.69) is 15.6 Å². The highest BCUT2D eigenvalue weighted by Crippen LogP contribution is 2.22. The molecule has 0 heterocycles. The topological polar surface area (TPSA) is 56.7 Å². The molecule has 1 rings (SSSR count). The second kappa shape index (κ2) is 8.32. The summed E-state index contributed by atoms with van der Waals surface area (Å²) in [4.78, 5) is 18.1. The van der Waals surface area contributed by atoms with Crippen LogP contribution in [0.5, 0.6) is 0 Å². The van der Waals surface area contributed by atoms with Gasteiger partial charge < -0.3 is 15.5 Å². The molecule has 5 nitrogen and oxygen atoms in total. The first kappa shape index (κ1) is 20.9. The Morgan fingerprint density at radius 1 is 1.24 bits per heavy atom. The van der Waals surface area contributed by atoms with Gasteiger partial charge in [-0.15, -0.1) is 0 Å². The van der Waals surface area contributed by atoms with E-state index < -0.39 is 0 Å². The Bertz CT molecular complexity index is 620. The number of likely N-dealkylation sites (N-methyl/N-ethyl adjacent to an activating group) is 1. The van der Waals surface area contributed by atoms with E-state index in [9.17, 15) is 9.18 Å². The number of carbonyl (C=O) groups is 1. The summed E-state index contributed by atoms with van der Waals surface area (Å²) in [5.41, 5.74) is 0.351. The zero-order valence-corrected chi connectivity index (χ0v) is 16.4. The van der Waals surface area contributed by atoms with Crippen molar-refractivity contribution in [2.24, 2.45) is 4.99 Å². The van der Waals surface area contributed by atoms with Crippen molar-refractivity contribution in [1.29, 1.82) is 0 Å². The summed E-state index contributed by atoms with van der Waals surface area (Å²) in [6, 6.07) is 6.61. The van der Waals surface area contributed by atoms with Gasteiger partial charge in [0.25, 0.3) is 0 Å². The maximum Gasteiger partial charge on any atom is 0.240 e. The molecule has 0 spiro atoms. The van der Waals surface area contributed by atoms with Gasteiger partial charge >= 0.3 is 0 Å². The molecule has 0 fully saturated rings. The lowest BCUT2D eigenvalue weighted by atomic mass is 9.84. The summed E-state index contributed by atoms with van der Waals surface area (Å²) in [5, 5.41) is 6.20. The Labute approximate surface area is 150 Å². The molecule has 0 saturated carbocycles. The Balaban J connectivity index is 2.68. The van der Waals surface area contributed by atoms with Gasteiger partial charge in [-0.2, -0.15) is 0 Å². The van der Waals surface area contributed by atoms with Crippen LogP contribution in [0.3, 0.4) is 0 Å². The Hall–Kier alpha value is -2.11. The van der Waals surface area contributed by atoms with E-state index in [4.69, 9.17) is 0 Å². The van der Waals surface area contributed by atoms with E-state index in [1.807, 2.05) is 47.7 Å². The highest BCUT2D eigenvalue weighted by molar-refractivity contribution is 5.86. The molecular formula is C19H31FN4O. The van der Waals surface area contributed by atoms with Gasteiger partial charge in [-0.05, 0) is 38.5 Å². The fourth-order valence-electron chi connectivity index (χ4n) is 2.44. The molecule has 0 aliphatic rings. The average molecular weight is 350 g/mol. The van der Waals surface area contributed by atoms with Gasteiger partial charge in [0.05, 0.1) is 6.54 Å². The number of aliphatic imine (C=N–C) groups is 1. The predicted octanol–water partition coefficient (Wildman–Crippen LogP) is 2.53. The Morgan fingerprint density at radius 3 is 2.40 bits per heavy atom. The van der Waals surface area contributed by atoms with Crippen LogP contribution in [0.2, 0.25) is 0 Å². The monoisotopic (exact) mass is 350 g/mol. The second-order valence-corrected chi connectivity index (χ2v) is 7.95. The van der Waals surface area contributed by atoms with Crippen molar-refractivity contribution < 1.29 is 9.18 Å². The molecule has 25 heavy (non-hydrogen) atoms. The summed E-state index contributed by atoms with van der Waals surface area (Å²) < 4.78 is 13.5. The average Bonchev–Trinajstić information content (AvgIpc) is 2.45. The van der Waals surface area contributed by atoms with Crippen molar-refractivity contribution in [3.05, 3.63) is 35.6 Å². The van der Waals surface area contributed by atoms with Crippen molar-refractivity contribution in [2.45, 2.75) is 45.6 Å². The van der Waals surface area contributed by atoms with Crippen LogP contribution in [0.15, 0.2) is 29.3 Å². The van der Waals surface area contributed by atoms with Crippen molar-refractivity contribution in [3.63, 3.8) is 0 Å². The van der Waals surface area contributed by atoms with E-state index >= 15 is 0 Å². The molecule has 6 heteroatoms. The van der Waals surface area contributed by atoms with Crippen LogP contribution in [0, 0.1) is 5.82 Å². The van der Waals surface area contributed by atoms with Crippen LogP contribution in [0.25, 0.3) is 0 Å². The number of halogens is 1. The smallest absolute Gasteiger partial charge is 0.240 e. The molecule has 0 aromatic heterocycles. The zero-order chi connectivity index (χ0) is 19.3. The minimum atomic E-state index is -0.285. The van der Waals surface area contributed by atoms with Crippen molar-refractivity contribution in [3.8, 4) is 0 Å². The molecule has 0 aliphatic heterocycles. The van der Waals surface area contributed by atoms with Gasteiger partial charge in [0.1, 0.15) is 5.82 Å². The molecule has 0 aliphatic carbocycles. The zero-order valence-electron chi connectivity index (χ0n) is 16.4. The van der Waals surface area contributed by atoms with Gasteiger partial charge in [-0.1, -0.05) is 26.0 Å². The van der Waals surface area contributed by atoms with E-state index in [1.165, 1.54) is 6.07 Å². The third-order valence-electron chi connectivity index (χ3n) is 3.76. The molecule has 0 atom stereocenters. The minimum absolute atomic E-state index is 0.0673. The molecule has 2 N–H and O–H groups in total. The number of guanidine groups is 1. The van der Waals surface area contributed by atoms with Gasteiger partial charge in [-0.3, -0.25) is 9.79 Å². The van der Waals surface area contributed by atoms with Gasteiger partial charge in [-0.25, -0.2) is 4.39 Å². The number of rotatable bonds is 5. The van der Waals surface area contributed by atoms with Gasteiger partial charge in [0, 0.05) is 31.6 Å². The van der Waals surface area contributed by atoms with E-state index in [0.717, 1.165) is 5.56 Å². The van der Waals surface area contributed by atoms with Crippen molar-refractivity contribution >= 4 is 11.9 Å². The first-order valence-electron chi connectivity index (χ1n) is 8.43. The molecule has 0 saturated heterocycles. The van der Waals surface area contributed by atoms with Crippen LogP contribution in [-0.2, 0) is 10.2 Å². The molecule has 1 aromatic carbocycles. The SMILES string of the molecule is CN=C(NCC(C)(C)c1cccc(F)c1)N(C)CC(=O)NC(C)(C)C. The maximum absolute atomic E-state index is 13.5. The standard InChI is InChI=1S/C19H31FN4O/c1-18(2,3)23-16(25)12-24(7)17(21-6)22-13-19(4,5)14-9-8-10-15(20)11-14/h8-11H,12-13H2,1-7H3,(H,21,22)(H,23,25). The lowest BCUT2D eigenvalue weighted by molar-refractivity contribution is -0.122. The number of hydrogen-bond acceptors (Lipinski definition) is 2. The highest BCUT2D eigenvalue weighted by atomic mass is 19.1. The highest BCUT2D eigenvalue weighted by Gasteiger charge is 2.23. The molecule has 1 aromatic rings. The summed E-state index contributed by atoms with van der Waals surface area (Å²) in [6.45, 7) is 10.7. The molecular weight excluding hydrogens is 319 g/mol.